The summed E-state index contributed by atoms with van der Waals surface area (Å²) in [5.41, 5.74) is 0. The number of hydrogen-bond donors (Lipinski definition) is 0. The van der Waals surface area contributed by atoms with Gasteiger partial charge in [0.15, 0.2) is 6.10 Å². The SMILES string of the molecule is CC(=O)CC(C[N+](C)(C)C)OC(=O)C(C)C. The van der Waals surface area contributed by atoms with E-state index in [1.807, 2.05) is 21.1 Å². The minimum atomic E-state index is -0.313. The summed E-state index contributed by atoms with van der Waals surface area (Å²) >= 11 is 0. The van der Waals surface area contributed by atoms with Crippen molar-refractivity contribution < 1.29 is 18.8 Å². The number of ether oxygens (including phenoxy) is 1. The Labute approximate surface area is 98.2 Å². The van der Waals surface area contributed by atoms with Crippen LogP contribution in [0.5, 0.6) is 0 Å². The second-order valence-corrected chi connectivity index (χ2v) is 5.59. The van der Waals surface area contributed by atoms with Crippen molar-refractivity contribution in [1.29, 1.82) is 0 Å². The van der Waals surface area contributed by atoms with Crippen molar-refractivity contribution in [3.05, 3.63) is 0 Å². The molecule has 0 saturated carbocycles. The van der Waals surface area contributed by atoms with E-state index in [1.165, 1.54) is 6.92 Å². The number of quaternary nitrogens is 1. The molecule has 0 saturated heterocycles. The van der Waals surface area contributed by atoms with Crippen LogP contribution in [0.3, 0.4) is 0 Å². The predicted octanol–water partition coefficient (Wildman–Crippen LogP) is 1.24. The maximum Gasteiger partial charge on any atom is 0.308 e. The van der Waals surface area contributed by atoms with Crippen LogP contribution in [0, 0.1) is 5.92 Å². The van der Waals surface area contributed by atoms with Gasteiger partial charge in [0.05, 0.1) is 27.1 Å². The highest BCUT2D eigenvalue weighted by Crippen LogP contribution is 2.08. The number of Topliss-reactive ketones (excluding diaryl/α,β-unsaturated/α-hetero) is 1. The Balaban J connectivity index is 4.43. The van der Waals surface area contributed by atoms with Crippen molar-refractivity contribution in [3.63, 3.8) is 0 Å². The molecule has 0 fully saturated rings. The Hall–Kier alpha value is -0.900. The van der Waals surface area contributed by atoms with Crippen molar-refractivity contribution in [3.8, 4) is 0 Å². The van der Waals surface area contributed by atoms with Gasteiger partial charge in [-0.15, -0.1) is 0 Å². The van der Waals surface area contributed by atoms with Gasteiger partial charge in [-0.3, -0.25) is 9.59 Å². The van der Waals surface area contributed by atoms with Crippen LogP contribution in [0.15, 0.2) is 0 Å². The van der Waals surface area contributed by atoms with Crippen LogP contribution in [0.25, 0.3) is 0 Å². The average molecular weight is 230 g/mol. The van der Waals surface area contributed by atoms with Gasteiger partial charge in [-0.25, -0.2) is 0 Å². The number of likely N-dealkylation sites (N-methyl/N-ethyl adjacent to an activating group) is 1. The highest BCUT2D eigenvalue weighted by Gasteiger charge is 2.24. The van der Waals surface area contributed by atoms with Crippen molar-refractivity contribution in [2.24, 2.45) is 5.92 Å². The van der Waals surface area contributed by atoms with Gasteiger partial charge in [0.25, 0.3) is 0 Å². The molecule has 0 aromatic rings. The largest absolute Gasteiger partial charge is 0.456 e. The van der Waals surface area contributed by atoms with Crippen LogP contribution < -0.4 is 0 Å². The lowest BCUT2D eigenvalue weighted by atomic mass is 10.1. The Morgan fingerprint density at radius 1 is 1.19 bits per heavy atom. The molecule has 0 aromatic heterocycles. The Kier molecular flexibility index (Phi) is 5.65. The summed E-state index contributed by atoms with van der Waals surface area (Å²) in [4.78, 5) is 22.6. The number of rotatable bonds is 6. The Bertz CT molecular complexity index is 253. The van der Waals surface area contributed by atoms with Gasteiger partial charge >= 0.3 is 5.97 Å². The van der Waals surface area contributed by atoms with Gasteiger partial charge in [0, 0.05) is 6.42 Å². The molecule has 0 amide bonds. The van der Waals surface area contributed by atoms with Crippen molar-refractivity contribution >= 4 is 11.8 Å². The van der Waals surface area contributed by atoms with E-state index >= 15 is 0 Å². The molecule has 4 heteroatoms. The zero-order valence-electron chi connectivity index (χ0n) is 11.2. The first kappa shape index (κ1) is 15.1. The first-order valence-electron chi connectivity index (χ1n) is 5.62. The fourth-order valence-corrected chi connectivity index (χ4v) is 1.38. The molecular weight excluding hydrogens is 206 g/mol. The minimum Gasteiger partial charge on any atom is -0.456 e. The van der Waals surface area contributed by atoms with Crippen molar-refractivity contribution in [2.45, 2.75) is 33.3 Å². The molecule has 0 bridgehead atoms. The minimum absolute atomic E-state index is 0.0509. The molecule has 0 spiro atoms. The smallest absolute Gasteiger partial charge is 0.308 e. The van der Waals surface area contributed by atoms with E-state index in [0.29, 0.717) is 17.4 Å². The molecule has 0 rings (SSSR count). The maximum absolute atomic E-state index is 11.5. The summed E-state index contributed by atoms with van der Waals surface area (Å²) in [5.74, 6) is -0.336. The van der Waals surface area contributed by atoms with Crippen LogP contribution in [0.2, 0.25) is 0 Å². The zero-order valence-corrected chi connectivity index (χ0v) is 11.2. The van der Waals surface area contributed by atoms with E-state index in [2.05, 4.69) is 0 Å². The monoisotopic (exact) mass is 230 g/mol. The fourth-order valence-electron chi connectivity index (χ4n) is 1.38. The quantitative estimate of drug-likeness (QED) is 0.509. The summed E-state index contributed by atoms with van der Waals surface area (Å²) in [5, 5.41) is 0. The molecule has 0 N–H and O–H groups in total. The molecule has 0 heterocycles. The molecule has 0 radical (unpaired) electrons. The number of esters is 1. The highest BCUT2D eigenvalue weighted by atomic mass is 16.5. The Morgan fingerprint density at radius 2 is 1.69 bits per heavy atom. The third-order valence-corrected chi connectivity index (χ3v) is 2.02. The number of nitrogens with zero attached hydrogens (tertiary/aromatic N) is 1. The first-order chi connectivity index (χ1) is 7.11. The van der Waals surface area contributed by atoms with Gasteiger partial charge in [-0.2, -0.15) is 0 Å². The normalized spacial score (nSPS) is 13.7. The van der Waals surface area contributed by atoms with Gasteiger partial charge in [0.2, 0.25) is 0 Å². The first-order valence-corrected chi connectivity index (χ1v) is 5.62. The second kappa shape index (κ2) is 5.99. The third kappa shape index (κ3) is 7.40. The number of ketones is 1. The van der Waals surface area contributed by atoms with Crippen LogP contribution in [0.1, 0.15) is 27.2 Å². The molecule has 1 unspecified atom stereocenters. The van der Waals surface area contributed by atoms with Crippen LogP contribution in [0.4, 0.5) is 0 Å². The number of carbonyl (C=O) groups excluding carboxylic acids is 2. The lowest BCUT2D eigenvalue weighted by Gasteiger charge is -2.29. The Morgan fingerprint density at radius 3 is 2.00 bits per heavy atom. The summed E-state index contributed by atoms with van der Waals surface area (Å²) in [7, 11) is 6.03. The van der Waals surface area contributed by atoms with Gasteiger partial charge < -0.3 is 9.22 Å². The van der Waals surface area contributed by atoms with E-state index in [1.54, 1.807) is 13.8 Å². The molecule has 0 aliphatic heterocycles. The third-order valence-electron chi connectivity index (χ3n) is 2.02. The number of carbonyl (C=O) groups is 2. The lowest BCUT2D eigenvalue weighted by Crippen LogP contribution is -2.44. The topological polar surface area (TPSA) is 43.4 Å². The van der Waals surface area contributed by atoms with E-state index in [-0.39, 0.29) is 23.8 Å². The molecular formula is C12H24NO3+. The van der Waals surface area contributed by atoms with Gasteiger partial charge in [0.1, 0.15) is 12.3 Å². The van der Waals surface area contributed by atoms with E-state index in [9.17, 15) is 9.59 Å². The summed E-state index contributed by atoms with van der Waals surface area (Å²) in [6.45, 7) is 5.75. The molecule has 0 aliphatic rings. The van der Waals surface area contributed by atoms with Crippen LogP contribution in [-0.2, 0) is 14.3 Å². The van der Waals surface area contributed by atoms with Crippen molar-refractivity contribution in [1.82, 2.24) is 0 Å². The predicted molar refractivity (Wildman–Crippen MR) is 62.9 cm³/mol. The average Bonchev–Trinajstić information content (AvgIpc) is 1.98. The van der Waals surface area contributed by atoms with E-state index in [0.717, 1.165) is 0 Å². The lowest BCUT2D eigenvalue weighted by molar-refractivity contribution is -0.873. The molecule has 0 aliphatic carbocycles. The molecule has 0 aromatic carbocycles. The zero-order chi connectivity index (χ0) is 12.9. The van der Waals surface area contributed by atoms with Gasteiger partial charge in [-0.1, -0.05) is 13.8 Å². The summed E-state index contributed by atoms with van der Waals surface area (Å²) in [6, 6.07) is 0. The van der Waals surface area contributed by atoms with E-state index < -0.39 is 0 Å². The molecule has 94 valence electrons. The molecule has 16 heavy (non-hydrogen) atoms. The highest BCUT2D eigenvalue weighted by molar-refractivity contribution is 5.77. The summed E-state index contributed by atoms with van der Waals surface area (Å²) < 4.78 is 5.99. The maximum atomic E-state index is 11.5. The van der Waals surface area contributed by atoms with Gasteiger partial charge in [-0.05, 0) is 6.92 Å². The summed E-state index contributed by atoms with van der Waals surface area (Å²) in [6.07, 6.45) is -0.0130. The number of hydrogen-bond acceptors (Lipinski definition) is 3. The molecule has 1 atom stereocenters. The van der Waals surface area contributed by atoms with E-state index in [4.69, 9.17) is 4.74 Å². The van der Waals surface area contributed by atoms with Crippen molar-refractivity contribution in [2.75, 3.05) is 27.7 Å². The van der Waals surface area contributed by atoms with Crippen LogP contribution >= 0.6 is 0 Å². The second-order valence-electron chi connectivity index (χ2n) is 5.59. The standard InChI is InChI=1S/C12H24NO3/c1-9(2)12(15)16-11(7-10(3)14)8-13(4,5)6/h9,11H,7-8H2,1-6H3/q+1. The molecule has 4 nitrogen and oxygen atoms in total. The fraction of sp³-hybridized carbons (Fsp3) is 0.833. The van der Waals surface area contributed by atoms with Crippen LogP contribution in [-0.4, -0.2) is 50.0 Å².